The summed E-state index contributed by atoms with van der Waals surface area (Å²) < 4.78 is 0. The summed E-state index contributed by atoms with van der Waals surface area (Å²) in [5, 5.41) is 6.95. The van der Waals surface area contributed by atoms with E-state index in [4.69, 9.17) is 0 Å². The van der Waals surface area contributed by atoms with E-state index < -0.39 is 0 Å². The lowest BCUT2D eigenvalue weighted by atomic mass is 10.3. The van der Waals surface area contributed by atoms with Crippen LogP contribution in [-0.2, 0) is 4.79 Å². The molecule has 2 N–H and O–H groups in total. The highest BCUT2D eigenvalue weighted by molar-refractivity contribution is 8.00. The zero-order chi connectivity index (χ0) is 14.5. The van der Waals surface area contributed by atoms with Crippen LogP contribution in [0.4, 0.5) is 5.69 Å². The number of hydrogen-bond donors (Lipinski definition) is 2. The molecule has 0 saturated heterocycles. The maximum Gasteiger partial charge on any atom is 0.238 e. The lowest BCUT2D eigenvalue weighted by molar-refractivity contribution is -0.115. The Kier molecular flexibility index (Phi) is 7.06. The average molecular weight is 341 g/mol. The highest BCUT2D eigenvalue weighted by atomic mass is 35.5. The first kappa shape index (κ1) is 17.6. The lowest BCUT2D eigenvalue weighted by Gasteiger charge is -2.10. The lowest BCUT2D eigenvalue weighted by Crippen LogP contribution is -2.29. The average Bonchev–Trinajstić information content (AvgIpc) is 3.16. The number of amides is 1. The van der Waals surface area contributed by atoms with Gasteiger partial charge in [0.25, 0.3) is 0 Å². The summed E-state index contributed by atoms with van der Waals surface area (Å²) in [6.07, 6.45) is 8.06. The summed E-state index contributed by atoms with van der Waals surface area (Å²) in [6.45, 7) is 1.39. The summed E-state index contributed by atoms with van der Waals surface area (Å²) in [5.74, 6) is 0.858. The molecule has 2 aliphatic carbocycles. The van der Waals surface area contributed by atoms with Crippen molar-refractivity contribution >= 4 is 35.8 Å². The third-order valence-electron chi connectivity index (χ3n) is 4.16. The molecular weight excluding hydrogens is 316 g/mol. The van der Waals surface area contributed by atoms with E-state index in [1.165, 1.54) is 43.4 Å². The molecule has 0 spiro atoms. The van der Waals surface area contributed by atoms with Crippen molar-refractivity contribution in [2.24, 2.45) is 5.92 Å². The normalized spacial score (nSPS) is 18.0. The van der Waals surface area contributed by atoms with Gasteiger partial charge in [-0.05, 0) is 62.4 Å². The van der Waals surface area contributed by atoms with Crippen LogP contribution in [0.2, 0.25) is 0 Å². The van der Waals surface area contributed by atoms with Gasteiger partial charge < -0.3 is 10.6 Å². The summed E-state index contributed by atoms with van der Waals surface area (Å²) in [5.41, 5.74) is 0.893. The topological polar surface area (TPSA) is 41.1 Å². The van der Waals surface area contributed by atoms with Crippen LogP contribution in [0.15, 0.2) is 29.2 Å². The van der Waals surface area contributed by atoms with E-state index in [1.54, 1.807) is 0 Å². The SMILES string of the molecule is Cl.O=C(CNCC1CC1)Nc1ccc(SC2CCCC2)cc1. The molecule has 1 aromatic carbocycles. The van der Waals surface area contributed by atoms with Crippen molar-refractivity contribution in [2.45, 2.75) is 48.7 Å². The van der Waals surface area contributed by atoms with Crippen molar-refractivity contribution in [3.63, 3.8) is 0 Å². The van der Waals surface area contributed by atoms with Crippen LogP contribution >= 0.6 is 24.2 Å². The van der Waals surface area contributed by atoms with Crippen molar-refractivity contribution in [3.05, 3.63) is 24.3 Å². The second-order valence-corrected chi connectivity index (χ2v) is 7.54. The van der Waals surface area contributed by atoms with E-state index in [0.717, 1.165) is 23.4 Å². The molecule has 2 fully saturated rings. The third-order valence-corrected chi connectivity index (χ3v) is 5.51. The number of thioether (sulfide) groups is 1. The standard InChI is InChI=1S/C17H24N2OS.ClH/c20-17(12-18-11-13-5-6-13)19-14-7-9-16(10-8-14)21-15-3-1-2-4-15;/h7-10,13,15,18H,1-6,11-12H2,(H,19,20);1H. The molecule has 5 heteroatoms. The second-order valence-electron chi connectivity index (χ2n) is 6.17. The monoisotopic (exact) mass is 340 g/mol. The van der Waals surface area contributed by atoms with Crippen molar-refractivity contribution < 1.29 is 4.79 Å². The van der Waals surface area contributed by atoms with E-state index >= 15 is 0 Å². The van der Waals surface area contributed by atoms with Crippen molar-refractivity contribution in [3.8, 4) is 0 Å². The van der Waals surface area contributed by atoms with Crippen molar-refractivity contribution in [1.82, 2.24) is 5.32 Å². The first-order chi connectivity index (χ1) is 10.3. The largest absolute Gasteiger partial charge is 0.325 e. The van der Waals surface area contributed by atoms with Gasteiger partial charge in [-0.25, -0.2) is 0 Å². The molecule has 1 amide bonds. The zero-order valence-electron chi connectivity index (χ0n) is 12.8. The Bertz CT molecular complexity index is 470. The molecule has 2 aliphatic rings. The molecule has 2 saturated carbocycles. The third kappa shape index (κ3) is 5.82. The Labute approximate surface area is 143 Å². The van der Waals surface area contributed by atoms with Gasteiger partial charge >= 0.3 is 0 Å². The number of rotatable bonds is 7. The van der Waals surface area contributed by atoms with E-state index in [9.17, 15) is 4.79 Å². The summed E-state index contributed by atoms with van der Waals surface area (Å²) in [7, 11) is 0. The molecule has 3 rings (SSSR count). The maximum absolute atomic E-state index is 11.8. The van der Waals surface area contributed by atoms with Gasteiger partial charge in [-0.3, -0.25) is 4.79 Å². The molecule has 0 unspecified atom stereocenters. The Hall–Kier alpha value is -0.710. The molecule has 0 atom stereocenters. The first-order valence-electron chi connectivity index (χ1n) is 8.07. The van der Waals surface area contributed by atoms with Crippen LogP contribution in [0.3, 0.4) is 0 Å². The van der Waals surface area contributed by atoms with Crippen LogP contribution < -0.4 is 10.6 Å². The van der Waals surface area contributed by atoms with E-state index in [0.29, 0.717) is 6.54 Å². The fourth-order valence-electron chi connectivity index (χ4n) is 2.73. The fourth-order valence-corrected chi connectivity index (χ4v) is 3.98. The molecule has 0 heterocycles. The van der Waals surface area contributed by atoms with E-state index in [1.807, 2.05) is 23.9 Å². The molecule has 0 bridgehead atoms. The molecule has 0 aliphatic heterocycles. The summed E-state index contributed by atoms with van der Waals surface area (Å²) in [6, 6.07) is 8.26. The van der Waals surface area contributed by atoms with Gasteiger partial charge in [-0.2, -0.15) is 0 Å². The number of hydrogen-bond acceptors (Lipinski definition) is 3. The number of nitrogens with one attached hydrogen (secondary N) is 2. The number of benzene rings is 1. The Morgan fingerprint density at radius 3 is 2.41 bits per heavy atom. The highest BCUT2D eigenvalue weighted by Crippen LogP contribution is 2.34. The number of halogens is 1. The zero-order valence-corrected chi connectivity index (χ0v) is 14.5. The van der Waals surface area contributed by atoms with Crippen LogP contribution in [0.5, 0.6) is 0 Å². The highest BCUT2D eigenvalue weighted by Gasteiger charge is 2.20. The van der Waals surface area contributed by atoms with E-state index in [2.05, 4.69) is 22.8 Å². The smallest absolute Gasteiger partial charge is 0.238 e. The molecule has 0 aromatic heterocycles. The number of carbonyl (C=O) groups is 1. The van der Waals surface area contributed by atoms with Gasteiger partial charge in [-0.15, -0.1) is 24.2 Å². The Morgan fingerprint density at radius 1 is 1.09 bits per heavy atom. The molecule has 122 valence electrons. The van der Waals surface area contributed by atoms with Crippen LogP contribution in [-0.4, -0.2) is 24.2 Å². The molecule has 3 nitrogen and oxygen atoms in total. The quantitative estimate of drug-likeness (QED) is 0.785. The minimum Gasteiger partial charge on any atom is -0.325 e. The fraction of sp³-hybridized carbons (Fsp3) is 0.588. The predicted molar refractivity (Wildman–Crippen MR) is 96.0 cm³/mol. The Balaban J connectivity index is 0.00000176. The minimum atomic E-state index is 0. The van der Waals surface area contributed by atoms with Crippen molar-refractivity contribution in [2.75, 3.05) is 18.4 Å². The minimum absolute atomic E-state index is 0. The van der Waals surface area contributed by atoms with Gasteiger partial charge in [0.05, 0.1) is 6.54 Å². The molecular formula is C17H25ClN2OS. The Morgan fingerprint density at radius 2 is 1.77 bits per heavy atom. The maximum atomic E-state index is 11.8. The second kappa shape index (κ2) is 8.80. The van der Waals surface area contributed by atoms with Gasteiger partial charge in [0, 0.05) is 15.8 Å². The van der Waals surface area contributed by atoms with Crippen molar-refractivity contribution in [1.29, 1.82) is 0 Å². The summed E-state index contributed by atoms with van der Waals surface area (Å²) >= 11 is 1.98. The number of carbonyl (C=O) groups excluding carboxylic acids is 1. The van der Waals surface area contributed by atoms with Gasteiger partial charge in [-0.1, -0.05) is 12.8 Å². The summed E-state index contributed by atoms with van der Waals surface area (Å²) in [4.78, 5) is 13.1. The van der Waals surface area contributed by atoms with Crippen LogP contribution in [0, 0.1) is 5.92 Å². The molecule has 22 heavy (non-hydrogen) atoms. The van der Waals surface area contributed by atoms with Gasteiger partial charge in [0.1, 0.15) is 0 Å². The first-order valence-corrected chi connectivity index (χ1v) is 8.95. The van der Waals surface area contributed by atoms with E-state index in [-0.39, 0.29) is 18.3 Å². The molecule has 1 aromatic rings. The predicted octanol–water partition coefficient (Wildman–Crippen LogP) is 4.08. The number of anilines is 1. The van der Waals surface area contributed by atoms with Crippen LogP contribution in [0.1, 0.15) is 38.5 Å². The van der Waals surface area contributed by atoms with Gasteiger partial charge in [0.2, 0.25) is 5.91 Å². The molecule has 0 radical (unpaired) electrons. The van der Waals surface area contributed by atoms with Gasteiger partial charge in [0.15, 0.2) is 0 Å². The van der Waals surface area contributed by atoms with Crippen LogP contribution in [0.25, 0.3) is 0 Å².